The minimum absolute atomic E-state index is 0.178. The molecule has 9 heteroatoms. The van der Waals surface area contributed by atoms with Crippen LogP contribution in [0, 0.1) is 0 Å². The number of likely N-dealkylation sites (N-methyl/N-ethyl adjacent to an activating group) is 1. The fourth-order valence-corrected chi connectivity index (χ4v) is 7.84. The molecule has 446 valence electrons. The van der Waals surface area contributed by atoms with E-state index >= 15 is 0 Å². The van der Waals surface area contributed by atoms with Gasteiger partial charge in [0.2, 0.25) is 0 Å². The second-order valence-electron chi connectivity index (χ2n) is 21.3. The van der Waals surface area contributed by atoms with Crippen molar-refractivity contribution in [3.8, 4) is 0 Å². The standard InChI is InChI=1S/C70H113NO8/c1-6-8-10-12-14-16-18-20-21-22-23-24-25-26-27-28-29-30-31-32-33-34-35-36-37-38-39-40-41-42-43-44-45-46-47-49-51-53-55-57-59-61-68(73)79-66(65-78-70(69(74)75)76-63-62-71(3,4)5)64-77-67(72)60-58-56-54-52-50-48-19-17-15-13-11-9-7-2/h8,10-11,13-14,16-17,19-21,23-24,26-27,29-30,32-33,35-36,38-39,41-42,66,70H,6-7,9,12,15,18,22,25,28,31,34,37,40,43-65H2,1-5H3/p+1/b10-8-,13-11-,16-14-,19-17-,21-20-,24-23-,27-26-,30-29-,33-32-,36-35-,39-38-,42-41-. The molecule has 0 aromatic rings. The molecular weight excluding hydrogens is 983 g/mol. The SMILES string of the molecule is CC/C=C\C/C=C\C/C=C\C/C=C\C/C=C\C/C=C\C/C=C\C/C=C\C/C=C\C/C=C\CCCCCCCCCCCCC(=O)OC(COC(=O)CCCCCCC/C=C\C/C=C\CCC)COC(OCC[N+](C)(C)C)C(=O)O. The van der Waals surface area contributed by atoms with Gasteiger partial charge in [-0.2, -0.15) is 0 Å². The number of aliphatic carboxylic acids is 1. The normalized spacial score (nSPS) is 13.8. The van der Waals surface area contributed by atoms with E-state index in [1.807, 2.05) is 21.1 Å². The molecule has 0 aliphatic carbocycles. The lowest BCUT2D eigenvalue weighted by Gasteiger charge is -2.25. The van der Waals surface area contributed by atoms with E-state index < -0.39 is 24.3 Å². The van der Waals surface area contributed by atoms with Crippen molar-refractivity contribution in [2.24, 2.45) is 0 Å². The van der Waals surface area contributed by atoms with Gasteiger partial charge >= 0.3 is 17.9 Å². The maximum atomic E-state index is 12.9. The quantitative estimate of drug-likeness (QED) is 0.0211. The third-order valence-corrected chi connectivity index (χ3v) is 12.6. The number of unbranched alkanes of at least 4 members (excludes halogenated alkanes) is 16. The molecule has 0 saturated carbocycles. The first-order valence-electron chi connectivity index (χ1n) is 31.0. The largest absolute Gasteiger partial charge is 0.477 e. The van der Waals surface area contributed by atoms with Crippen LogP contribution >= 0.6 is 0 Å². The Morgan fingerprint density at radius 3 is 1.08 bits per heavy atom. The van der Waals surface area contributed by atoms with Crippen LogP contribution in [0.25, 0.3) is 0 Å². The lowest BCUT2D eigenvalue weighted by atomic mass is 10.0. The van der Waals surface area contributed by atoms with Gasteiger partial charge in [-0.3, -0.25) is 9.59 Å². The highest BCUT2D eigenvalue weighted by atomic mass is 16.7. The maximum Gasteiger partial charge on any atom is 0.361 e. The molecule has 0 aromatic heterocycles. The second kappa shape index (κ2) is 59.3. The fraction of sp³-hybridized carbons (Fsp3) is 0.614. The van der Waals surface area contributed by atoms with Gasteiger partial charge in [0, 0.05) is 12.8 Å². The van der Waals surface area contributed by atoms with E-state index in [2.05, 4.69) is 160 Å². The lowest BCUT2D eigenvalue weighted by molar-refractivity contribution is -0.870. The van der Waals surface area contributed by atoms with E-state index in [1.165, 1.54) is 44.9 Å². The van der Waals surface area contributed by atoms with Gasteiger partial charge in [0.05, 0.1) is 34.4 Å². The Bertz CT molecular complexity index is 1800. The average molecular weight is 1100 g/mol. The molecule has 9 nitrogen and oxygen atoms in total. The van der Waals surface area contributed by atoms with Crippen LogP contribution in [0.4, 0.5) is 0 Å². The van der Waals surface area contributed by atoms with Crippen molar-refractivity contribution in [1.29, 1.82) is 0 Å². The van der Waals surface area contributed by atoms with Crippen LogP contribution in [0.3, 0.4) is 0 Å². The monoisotopic (exact) mass is 1100 g/mol. The van der Waals surface area contributed by atoms with E-state index in [0.29, 0.717) is 17.4 Å². The third kappa shape index (κ3) is 60.7. The van der Waals surface area contributed by atoms with E-state index in [4.69, 9.17) is 18.9 Å². The van der Waals surface area contributed by atoms with Crippen molar-refractivity contribution in [3.05, 3.63) is 146 Å². The van der Waals surface area contributed by atoms with E-state index in [0.717, 1.165) is 141 Å². The molecule has 1 N–H and O–H groups in total. The zero-order valence-corrected chi connectivity index (χ0v) is 50.7. The van der Waals surface area contributed by atoms with Gasteiger partial charge in [-0.05, 0) is 116 Å². The summed E-state index contributed by atoms with van der Waals surface area (Å²) in [7, 11) is 5.95. The first-order valence-corrected chi connectivity index (χ1v) is 31.0. The first kappa shape index (κ1) is 74.2. The summed E-state index contributed by atoms with van der Waals surface area (Å²) in [6.07, 6.45) is 83.7. The van der Waals surface area contributed by atoms with Crippen LogP contribution in [0.1, 0.15) is 219 Å². The summed E-state index contributed by atoms with van der Waals surface area (Å²) in [5.41, 5.74) is 0. The number of ether oxygens (including phenoxy) is 4. The van der Waals surface area contributed by atoms with Crippen molar-refractivity contribution in [1.82, 2.24) is 0 Å². The summed E-state index contributed by atoms with van der Waals surface area (Å²) >= 11 is 0. The molecule has 0 aliphatic heterocycles. The van der Waals surface area contributed by atoms with Gasteiger partial charge in [0.1, 0.15) is 13.2 Å². The summed E-state index contributed by atoms with van der Waals surface area (Å²) in [5, 5.41) is 9.69. The highest BCUT2D eigenvalue weighted by molar-refractivity contribution is 5.71. The Kier molecular flexibility index (Phi) is 55.7. The third-order valence-electron chi connectivity index (χ3n) is 12.6. The summed E-state index contributed by atoms with van der Waals surface area (Å²) in [6.45, 7) is 4.65. The molecule has 0 radical (unpaired) electrons. The van der Waals surface area contributed by atoms with Crippen LogP contribution in [0.5, 0.6) is 0 Å². The van der Waals surface area contributed by atoms with Gasteiger partial charge in [0.25, 0.3) is 6.29 Å². The zero-order valence-electron chi connectivity index (χ0n) is 50.7. The van der Waals surface area contributed by atoms with Crippen LogP contribution in [-0.4, -0.2) is 87.4 Å². The Morgan fingerprint density at radius 2 is 0.722 bits per heavy atom. The Labute approximate surface area is 483 Å². The number of quaternary nitrogens is 1. The number of esters is 2. The second-order valence-corrected chi connectivity index (χ2v) is 21.3. The number of carboxylic acids is 1. The lowest BCUT2D eigenvalue weighted by Crippen LogP contribution is -2.40. The van der Waals surface area contributed by atoms with Gasteiger partial charge in [-0.25, -0.2) is 4.79 Å². The molecular formula is C70H114NO8+. The molecule has 0 aromatic carbocycles. The number of carboxylic acid groups (broad SMARTS) is 1. The van der Waals surface area contributed by atoms with Crippen LogP contribution < -0.4 is 0 Å². The van der Waals surface area contributed by atoms with E-state index in [1.54, 1.807) is 0 Å². The minimum atomic E-state index is -1.52. The Balaban J connectivity index is 4.13. The molecule has 0 fully saturated rings. The number of nitrogens with zero attached hydrogens (tertiary/aromatic N) is 1. The summed E-state index contributed by atoms with van der Waals surface area (Å²) < 4.78 is 22.8. The molecule has 0 amide bonds. The van der Waals surface area contributed by atoms with Gasteiger partial charge < -0.3 is 28.5 Å². The first-order chi connectivity index (χ1) is 38.6. The zero-order chi connectivity index (χ0) is 57.6. The summed E-state index contributed by atoms with van der Waals surface area (Å²) in [5.74, 6) is -2.04. The van der Waals surface area contributed by atoms with Crippen molar-refractivity contribution in [2.45, 2.75) is 232 Å². The maximum absolute atomic E-state index is 12.9. The molecule has 2 unspecified atom stereocenters. The molecule has 0 heterocycles. The van der Waals surface area contributed by atoms with Gasteiger partial charge in [-0.15, -0.1) is 0 Å². The Morgan fingerprint density at radius 1 is 0.392 bits per heavy atom. The van der Waals surface area contributed by atoms with Gasteiger partial charge in [0.15, 0.2) is 6.10 Å². The van der Waals surface area contributed by atoms with Crippen molar-refractivity contribution < 1.29 is 42.9 Å². The van der Waals surface area contributed by atoms with Crippen LogP contribution in [0.15, 0.2) is 146 Å². The fourth-order valence-electron chi connectivity index (χ4n) is 7.84. The van der Waals surface area contributed by atoms with Crippen LogP contribution in [-0.2, 0) is 33.3 Å². The number of carbonyl (C=O) groups excluding carboxylic acids is 2. The van der Waals surface area contributed by atoms with E-state index in [-0.39, 0.29) is 38.6 Å². The number of hydrogen-bond donors (Lipinski definition) is 1. The average Bonchev–Trinajstić information content (AvgIpc) is 3.42. The van der Waals surface area contributed by atoms with Gasteiger partial charge in [-0.1, -0.05) is 237 Å². The minimum Gasteiger partial charge on any atom is -0.477 e. The summed E-state index contributed by atoms with van der Waals surface area (Å²) in [4.78, 5) is 37.4. The molecule has 0 rings (SSSR count). The van der Waals surface area contributed by atoms with Crippen LogP contribution in [0.2, 0.25) is 0 Å². The Hall–Kier alpha value is -4.83. The number of allylic oxidation sites excluding steroid dienone is 24. The smallest absolute Gasteiger partial charge is 0.361 e. The number of carbonyl (C=O) groups is 3. The highest BCUT2D eigenvalue weighted by Crippen LogP contribution is 2.15. The predicted molar refractivity (Wildman–Crippen MR) is 336 cm³/mol. The van der Waals surface area contributed by atoms with Crippen molar-refractivity contribution in [2.75, 3.05) is 47.5 Å². The topological polar surface area (TPSA) is 108 Å². The van der Waals surface area contributed by atoms with Crippen molar-refractivity contribution >= 4 is 17.9 Å². The molecule has 0 saturated heterocycles. The molecule has 2 atom stereocenters. The number of rotatable bonds is 55. The van der Waals surface area contributed by atoms with Crippen molar-refractivity contribution in [3.63, 3.8) is 0 Å². The molecule has 0 bridgehead atoms. The molecule has 0 spiro atoms. The molecule has 0 aliphatic rings. The highest BCUT2D eigenvalue weighted by Gasteiger charge is 2.25. The van der Waals surface area contributed by atoms with E-state index in [9.17, 15) is 19.5 Å². The molecule has 79 heavy (non-hydrogen) atoms. The number of hydrogen-bond acceptors (Lipinski definition) is 7. The predicted octanol–water partition coefficient (Wildman–Crippen LogP) is 18.8. The summed E-state index contributed by atoms with van der Waals surface area (Å²) in [6, 6.07) is 0.